The van der Waals surface area contributed by atoms with Crippen LogP contribution in [0.3, 0.4) is 0 Å². The minimum Gasteiger partial charge on any atom is -1.00 e. The first-order valence-electron chi connectivity index (χ1n) is 12.5. The summed E-state index contributed by atoms with van der Waals surface area (Å²) in [5, 5.41) is 0. The number of rotatable bonds is 8. The fourth-order valence-corrected chi connectivity index (χ4v) is 4.20. The number of hydrogen-bond acceptors (Lipinski definition) is 3. The summed E-state index contributed by atoms with van der Waals surface area (Å²) in [7, 11) is 0. The molecular weight excluding hydrogens is 572 g/mol. The van der Waals surface area contributed by atoms with Gasteiger partial charge in [0.1, 0.15) is 0 Å². The van der Waals surface area contributed by atoms with Crippen molar-refractivity contribution in [1.82, 2.24) is 4.98 Å². The molecule has 0 unspecified atom stereocenters. The Morgan fingerprint density at radius 3 is 1.03 bits per heavy atom. The molecule has 1 heterocycles. The third kappa shape index (κ3) is 9.85. The molecule has 0 saturated carbocycles. The summed E-state index contributed by atoms with van der Waals surface area (Å²) in [6.45, 7) is 17.7. The van der Waals surface area contributed by atoms with Crippen LogP contribution in [0.4, 0.5) is 11.4 Å². The van der Waals surface area contributed by atoms with Gasteiger partial charge < -0.3 is 37.2 Å². The van der Waals surface area contributed by atoms with Crippen LogP contribution >= 0.6 is 0 Å². The van der Waals surface area contributed by atoms with Crippen LogP contribution in [0.5, 0.6) is 0 Å². The van der Waals surface area contributed by atoms with Gasteiger partial charge in [0.05, 0.1) is 35.2 Å². The van der Waals surface area contributed by atoms with Crippen molar-refractivity contribution >= 4 is 23.8 Å². The minimum absolute atomic E-state index is 0. The maximum atomic E-state index is 4.92. The Hall–Kier alpha value is -1.62. The van der Waals surface area contributed by atoms with E-state index in [4.69, 9.17) is 15.0 Å². The molecule has 3 rings (SSSR count). The summed E-state index contributed by atoms with van der Waals surface area (Å²) >= 11 is 0. The Bertz CT molecular complexity index is 1050. The molecule has 0 saturated heterocycles. The van der Waals surface area contributed by atoms with Crippen LogP contribution < -0.4 is 37.2 Å². The Kier molecular flexibility index (Phi) is 18.1. The van der Waals surface area contributed by atoms with Gasteiger partial charge in [0.2, 0.25) is 0 Å². The fourth-order valence-electron chi connectivity index (χ4n) is 4.20. The van der Waals surface area contributed by atoms with E-state index in [2.05, 4.69) is 91.8 Å². The molecule has 7 heteroatoms. The van der Waals surface area contributed by atoms with Crippen LogP contribution in [0.2, 0.25) is 0 Å². The summed E-state index contributed by atoms with van der Waals surface area (Å²) in [5.74, 6) is 1.64. The van der Waals surface area contributed by atoms with Gasteiger partial charge in [-0.2, -0.15) is 0 Å². The van der Waals surface area contributed by atoms with Crippen LogP contribution in [-0.2, 0) is 18.6 Å². The molecule has 0 aliphatic heterocycles. The molecule has 1 aromatic heterocycles. The van der Waals surface area contributed by atoms with Crippen LogP contribution in [0.1, 0.15) is 113 Å². The van der Waals surface area contributed by atoms with Gasteiger partial charge in [-0.3, -0.25) is 9.98 Å². The average molecular weight is 611 g/mol. The smallest absolute Gasteiger partial charge is 0.0820 e. The van der Waals surface area contributed by atoms with E-state index in [1.54, 1.807) is 0 Å². The molecule has 0 aliphatic carbocycles. The van der Waals surface area contributed by atoms with Crippen molar-refractivity contribution in [3.63, 3.8) is 0 Å². The third-order valence-electron chi connectivity index (χ3n) is 6.13. The summed E-state index contributed by atoms with van der Waals surface area (Å²) < 4.78 is 0. The Labute approximate surface area is 260 Å². The van der Waals surface area contributed by atoms with Crippen LogP contribution in [-0.4, -0.2) is 17.4 Å². The second-order valence-electron chi connectivity index (χ2n) is 10.2. The van der Waals surface area contributed by atoms with Crippen molar-refractivity contribution in [2.24, 2.45) is 9.98 Å². The molecule has 3 aromatic rings. The number of aromatic nitrogens is 1. The Morgan fingerprint density at radius 1 is 0.500 bits per heavy atom. The number of pyridine rings is 1. The van der Waals surface area contributed by atoms with Crippen LogP contribution in [0.15, 0.2) is 64.6 Å². The van der Waals surface area contributed by atoms with Gasteiger partial charge in [0.15, 0.2) is 0 Å². The molecular formula is C31H39Cl3N3V-3. The second-order valence-corrected chi connectivity index (χ2v) is 10.2. The average Bonchev–Trinajstić information content (AvgIpc) is 2.80. The van der Waals surface area contributed by atoms with E-state index in [1.807, 2.05) is 30.6 Å². The zero-order valence-electron chi connectivity index (χ0n) is 23.6. The largest absolute Gasteiger partial charge is 1.00 e. The predicted octanol–water partition coefficient (Wildman–Crippen LogP) is 0.0859. The van der Waals surface area contributed by atoms with Crippen LogP contribution in [0.25, 0.3) is 0 Å². The molecule has 0 amide bonds. The molecule has 0 fully saturated rings. The van der Waals surface area contributed by atoms with E-state index < -0.39 is 0 Å². The topological polar surface area (TPSA) is 37.6 Å². The summed E-state index contributed by atoms with van der Waals surface area (Å²) in [6.07, 6.45) is 3.76. The standard InChI is InChI=1S/C31H39N3.3ClH.V/c1-20(2)26-14-10-15-27(21(3)4)30(26)32-18-24-12-9-13-25(34-24)19-33-31-28(22(5)6)16-11-17-29(31)23(7)8;;;;/h9-23H,1-8H3;3*1H;/p-3. The van der Waals surface area contributed by atoms with Gasteiger partial charge in [-0.15, -0.1) is 0 Å². The molecule has 0 bridgehead atoms. The van der Waals surface area contributed by atoms with Gasteiger partial charge in [0, 0.05) is 18.6 Å². The molecule has 1 radical (unpaired) electrons. The predicted molar refractivity (Wildman–Crippen MR) is 148 cm³/mol. The number of para-hydroxylation sites is 2. The third-order valence-corrected chi connectivity index (χ3v) is 6.13. The summed E-state index contributed by atoms with van der Waals surface area (Å²) in [6, 6.07) is 19.0. The number of aliphatic imine (C=N–C) groups is 2. The van der Waals surface area contributed by atoms with Crippen molar-refractivity contribution in [3.8, 4) is 0 Å². The first kappa shape index (κ1) is 38.5. The van der Waals surface area contributed by atoms with Crippen molar-refractivity contribution < 1.29 is 55.8 Å². The van der Waals surface area contributed by atoms with Gasteiger partial charge in [0.25, 0.3) is 0 Å². The van der Waals surface area contributed by atoms with Crippen molar-refractivity contribution in [1.29, 1.82) is 0 Å². The molecule has 2 aromatic carbocycles. The Morgan fingerprint density at radius 2 is 0.763 bits per heavy atom. The molecule has 0 aliphatic rings. The Balaban J connectivity index is 0. The molecule has 0 atom stereocenters. The minimum atomic E-state index is 0. The SMILES string of the molecule is CC(C)c1cccc(C(C)C)c1N=Cc1cccc(C=Nc2c(C(C)C)cccc2C(C)C)n1.[Cl-].[Cl-].[Cl-].[V]. The van der Waals surface area contributed by atoms with E-state index in [1.165, 1.54) is 22.3 Å². The summed E-state index contributed by atoms with van der Waals surface area (Å²) in [4.78, 5) is 14.6. The normalized spacial score (nSPS) is 11.1. The van der Waals surface area contributed by atoms with E-state index in [-0.39, 0.29) is 55.8 Å². The van der Waals surface area contributed by atoms with Gasteiger partial charge in [-0.05, 0) is 58.1 Å². The quantitative estimate of drug-likeness (QED) is 0.333. The van der Waals surface area contributed by atoms with E-state index in [0.29, 0.717) is 23.7 Å². The molecule has 3 nitrogen and oxygen atoms in total. The van der Waals surface area contributed by atoms with E-state index in [9.17, 15) is 0 Å². The number of nitrogens with zero attached hydrogens (tertiary/aromatic N) is 3. The monoisotopic (exact) mass is 609 g/mol. The molecule has 207 valence electrons. The second kappa shape index (κ2) is 17.9. The maximum absolute atomic E-state index is 4.92. The number of halogens is 3. The zero-order chi connectivity index (χ0) is 24.8. The van der Waals surface area contributed by atoms with Gasteiger partial charge >= 0.3 is 0 Å². The summed E-state index contributed by atoms with van der Waals surface area (Å²) in [5.41, 5.74) is 8.88. The maximum Gasteiger partial charge on any atom is 0.0820 e. The molecule has 0 spiro atoms. The van der Waals surface area contributed by atoms with Gasteiger partial charge in [-0.25, -0.2) is 4.98 Å². The van der Waals surface area contributed by atoms with Crippen molar-refractivity contribution in [2.45, 2.75) is 79.1 Å². The number of benzene rings is 2. The van der Waals surface area contributed by atoms with Gasteiger partial charge in [-0.1, -0.05) is 97.9 Å². The molecule has 0 N–H and O–H groups in total. The van der Waals surface area contributed by atoms with Crippen molar-refractivity contribution in [2.75, 3.05) is 0 Å². The van der Waals surface area contributed by atoms with Crippen LogP contribution in [0, 0.1) is 0 Å². The molecule has 38 heavy (non-hydrogen) atoms. The van der Waals surface area contributed by atoms with E-state index >= 15 is 0 Å². The van der Waals surface area contributed by atoms with E-state index in [0.717, 1.165) is 22.8 Å². The first-order valence-corrected chi connectivity index (χ1v) is 12.5. The fraction of sp³-hybridized carbons (Fsp3) is 0.387. The first-order chi connectivity index (χ1) is 16.2. The number of hydrogen-bond donors (Lipinski definition) is 0. The van der Waals surface area contributed by atoms with Crippen molar-refractivity contribution in [3.05, 3.63) is 88.2 Å². The zero-order valence-corrected chi connectivity index (χ0v) is 27.2.